The summed E-state index contributed by atoms with van der Waals surface area (Å²) in [7, 11) is -3.05. The van der Waals surface area contributed by atoms with Crippen LogP contribution in [0.5, 0.6) is 0 Å². The van der Waals surface area contributed by atoms with Crippen LogP contribution in [0.3, 0.4) is 0 Å². The van der Waals surface area contributed by atoms with Crippen molar-refractivity contribution in [1.29, 1.82) is 0 Å². The van der Waals surface area contributed by atoms with Crippen molar-refractivity contribution in [3.8, 4) is 0 Å². The van der Waals surface area contributed by atoms with Crippen LogP contribution < -0.4 is 0 Å². The quantitative estimate of drug-likeness (QED) is 0.851. The number of sulfone groups is 1. The van der Waals surface area contributed by atoms with Crippen LogP contribution in [-0.4, -0.2) is 43.3 Å². The number of likely N-dealkylation sites (tertiary alicyclic amines) is 1. The molecule has 2 saturated heterocycles. The Morgan fingerprint density at radius 1 is 1.32 bits per heavy atom. The van der Waals surface area contributed by atoms with Gasteiger partial charge >= 0.3 is 0 Å². The lowest BCUT2D eigenvalue weighted by Gasteiger charge is -2.27. The Morgan fingerprint density at radius 3 is 2.82 bits per heavy atom. The number of nitrogens with zero attached hydrogens (tertiary/aromatic N) is 1. The molecule has 2 atom stereocenters. The van der Waals surface area contributed by atoms with Crippen LogP contribution in [0.4, 0.5) is 4.39 Å². The monoisotopic (exact) mass is 325 g/mol. The van der Waals surface area contributed by atoms with Gasteiger partial charge in [0.25, 0.3) is 0 Å². The first-order valence-corrected chi connectivity index (χ1v) is 9.52. The number of hydrogen-bond acceptors (Lipinski definition) is 3. The standard InChI is InChI=1S/C16H20FNO3S/c17-14-4-1-3-12(9-14)10-15-5-2-7-18(15)16(19)13-6-8-22(20,21)11-13/h1,3-4,9,13,15H,2,5-8,10-11H2. The minimum Gasteiger partial charge on any atom is -0.339 e. The third kappa shape index (κ3) is 3.32. The highest BCUT2D eigenvalue weighted by Crippen LogP contribution is 2.27. The van der Waals surface area contributed by atoms with E-state index in [4.69, 9.17) is 0 Å². The topological polar surface area (TPSA) is 54.5 Å². The normalized spacial score (nSPS) is 27.2. The predicted octanol–water partition coefficient (Wildman–Crippen LogP) is 1.79. The second kappa shape index (κ2) is 5.99. The zero-order chi connectivity index (χ0) is 15.7. The number of carbonyl (C=O) groups is 1. The fraction of sp³-hybridized carbons (Fsp3) is 0.562. The summed E-state index contributed by atoms with van der Waals surface area (Å²) >= 11 is 0. The molecule has 2 fully saturated rings. The van der Waals surface area contributed by atoms with E-state index < -0.39 is 15.8 Å². The first-order chi connectivity index (χ1) is 10.4. The Labute approximate surface area is 130 Å². The molecule has 22 heavy (non-hydrogen) atoms. The van der Waals surface area contributed by atoms with Crippen LogP contribution in [0.2, 0.25) is 0 Å². The van der Waals surface area contributed by atoms with Crippen LogP contribution in [-0.2, 0) is 21.1 Å². The van der Waals surface area contributed by atoms with E-state index in [1.165, 1.54) is 12.1 Å². The summed E-state index contributed by atoms with van der Waals surface area (Å²) in [6, 6.07) is 6.50. The van der Waals surface area contributed by atoms with Crippen molar-refractivity contribution >= 4 is 15.7 Å². The van der Waals surface area contributed by atoms with Crippen LogP contribution in [0.1, 0.15) is 24.8 Å². The Bertz CT molecular complexity index is 674. The lowest BCUT2D eigenvalue weighted by molar-refractivity contribution is -0.135. The van der Waals surface area contributed by atoms with Gasteiger partial charge in [0.1, 0.15) is 5.82 Å². The zero-order valence-corrected chi connectivity index (χ0v) is 13.2. The van der Waals surface area contributed by atoms with Gasteiger partial charge in [0.2, 0.25) is 5.91 Å². The number of carbonyl (C=O) groups excluding carboxylic acids is 1. The van der Waals surface area contributed by atoms with Crippen LogP contribution in [0.15, 0.2) is 24.3 Å². The molecule has 4 nitrogen and oxygen atoms in total. The van der Waals surface area contributed by atoms with Crippen LogP contribution in [0.25, 0.3) is 0 Å². The van der Waals surface area contributed by atoms with Gasteiger partial charge in [0, 0.05) is 12.6 Å². The predicted molar refractivity (Wildman–Crippen MR) is 81.6 cm³/mol. The molecule has 0 bridgehead atoms. The van der Waals surface area contributed by atoms with E-state index in [0.29, 0.717) is 19.4 Å². The maximum Gasteiger partial charge on any atom is 0.226 e. The summed E-state index contributed by atoms with van der Waals surface area (Å²) in [5.41, 5.74) is 0.878. The first-order valence-electron chi connectivity index (χ1n) is 7.70. The first kappa shape index (κ1) is 15.5. The molecule has 0 aromatic heterocycles. The van der Waals surface area contributed by atoms with Crippen molar-refractivity contribution < 1.29 is 17.6 Å². The van der Waals surface area contributed by atoms with E-state index in [1.807, 2.05) is 11.0 Å². The highest BCUT2D eigenvalue weighted by atomic mass is 32.2. The summed E-state index contributed by atoms with van der Waals surface area (Å²) in [5, 5.41) is 0. The van der Waals surface area contributed by atoms with Gasteiger partial charge in [-0.1, -0.05) is 12.1 Å². The second-order valence-electron chi connectivity index (χ2n) is 6.26. The fourth-order valence-electron chi connectivity index (χ4n) is 3.50. The van der Waals surface area contributed by atoms with E-state index in [1.54, 1.807) is 6.07 Å². The molecular weight excluding hydrogens is 305 g/mol. The molecule has 0 saturated carbocycles. The largest absolute Gasteiger partial charge is 0.339 e. The molecule has 2 aliphatic heterocycles. The van der Waals surface area contributed by atoms with Gasteiger partial charge in [0.15, 0.2) is 9.84 Å². The lowest BCUT2D eigenvalue weighted by atomic mass is 10.0. The summed E-state index contributed by atoms with van der Waals surface area (Å²) in [4.78, 5) is 14.4. The molecule has 1 amide bonds. The van der Waals surface area contributed by atoms with Gasteiger partial charge in [-0.25, -0.2) is 12.8 Å². The molecule has 2 aliphatic rings. The summed E-state index contributed by atoms with van der Waals surface area (Å²) in [6.45, 7) is 0.676. The van der Waals surface area contributed by atoms with Crippen molar-refractivity contribution in [3.63, 3.8) is 0 Å². The molecule has 1 aromatic carbocycles. The van der Waals surface area contributed by atoms with E-state index in [-0.39, 0.29) is 29.3 Å². The Balaban J connectivity index is 1.69. The third-order valence-corrected chi connectivity index (χ3v) is 6.37. The number of benzene rings is 1. The van der Waals surface area contributed by atoms with Gasteiger partial charge in [-0.3, -0.25) is 4.79 Å². The van der Waals surface area contributed by atoms with Crippen molar-refractivity contribution in [2.24, 2.45) is 5.92 Å². The Hall–Kier alpha value is -1.43. The van der Waals surface area contributed by atoms with Gasteiger partial charge in [-0.15, -0.1) is 0 Å². The minimum absolute atomic E-state index is 0.0188. The van der Waals surface area contributed by atoms with Crippen molar-refractivity contribution in [1.82, 2.24) is 4.90 Å². The number of halogens is 1. The molecule has 1 aromatic rings. The average molecular weight is 325 g/mol. The lowest BCUT2D eigenvalue weighted by Crippen LogP contribution is -2.41. The molecule has 0 N–H and O–H groups in total. The van der Waals surface area contributed by atoms with Crippen molar-refractivity contribution in [2.75, 3.05) is 18.1 Å². The molecular formula is C16H20FNO3S. The highest BCUT2D eigenvalue weighted by molar-refractivity contribution is 7.91. The Kier molecular flexibility index (Phi) is 4.21. The molecule has 0 radical (unpaired) electrons. The second-order valence-corrected chi connectivity index (χ2v) is 8.49. The third-order valence-electron chi connectivity index (χ3n) is 4.60. The SMILES string of the molecule is O=C(C1CCS(=O)(=O)C1)N1CCCC1Cc1cccc(F)c1. The van der Waals surface area contributed by atoms with Gasteiger partial charge < -0.3 is 4.90 Å². The number of hydrogen-bond donors (Lipinski definition) is 0. The van der Waals surface area contributed by atoms with E-state index in [2.05, 4.69) is 0 Å². The van der Waals surface area contributed by atoms with Crippen LogP contribution in [0, 0.1) is 11.7 Å². The van der Waals surface area contributed by atoms with Crippen LogP contribution >= 0.6 is 0 Å². The van der Waals surface area contributed by atoms with Gasteiger partial charge in [-0.05, 0) is 43.4 Å². The van der Waals surface area contributed by atoms with E-state index in [9.17, 15) is 17.6 Å². The Morgan fingerprint density at radius 2 is 2.14 bits per heavy atom. The number of rotatable bonds is 3. The maximum atomic E-state index is 13.3. The number of amides is 1. The molecule has 120 valence electrons. The molecule has 0 spiro atoms. The molecule has 2 unspecified atom stereocenters. The van der Waals surface area contributed by atoms with Crippen molar-refractivity contribution in [2.45, 2.75) is 31.7 Å². The smallest absolute Gasteiger partial charge is 0.226 e. The molecule has 3 rings (SSSR count). The summed E-state index contributed by atoms with van der Waals surface area (Å²) < 4.78 is 36.4. The van der Waals surface area contributed by atoms with Crippen molar-refractivity contribution in [3.05, 3.63) is 35.6 Å². The zero-order valence-electron chi connectivity index (χ0n) is 12.4. The molecule has 2 heterocycles. The molecule has 0 aliphatic carbocycles. The minimum atomic E-state index is -3.05. The maximum absolute atomic E-state index is 13.3. The molecule has 6 heteroatoms. The van der Waals surface area contributed by atoms with E-state index in [0.717, 1.165) is 18.4 Å². The van der Waals surface area contributed by atoms with Gasteiger partial charge in [0.05, 0.1) is 17.4 Å². The summed E-state index contributed by atoms with van der Waals surface area (Å²) in [5.74, 6) is -0.603. The highest BCUT2D eigenvalue weighted by Gasteiger charge is 2.38. The van der Waals surface area contributed by atoms with E-state index >= 15 is 0 Å². The van der Waals surface area contributed by atoms with Gasteiger partial charge in [-0.2, -0.15) is 0 Å². The average Bonchev–Trinajstić information content (AvgIpc) is 3.04. The fourth-order valence-corrected chi connectivity index (χ4v) is 5.23. The summed E-state index contributed by atoms with van der Waals surface area (Å²) in [6.07, 6.45) is 2.88.